The number of hydrogen-bond donors (Lipinski definition) is 0. The van der Waals surface area contributed by atoms with E-state index in [1.165, 1.54) is 12.1 Å². The van der Waals surface area contributed by atoms with E-state index < -0.39 is 11.7 Å². The lowest BCUT2D eigenvalue weighted by atomic mass is 9.89. The zero-order chi connectivity index (χ0) is 22.6. The molecule has 166 valence electrons. The molecule has 0 spiro atoms. The SMILES string of the molecule is Cc1cc(C(F)(F)F)cc(C)c1-c1cccc2c1CCC2Oc1ncc2c(c1Br)OCC2. The predicted octanol–water partition coefficient (Wildman–Crippen LogP) is 7.15. The third-order valence-electron chi connectivity index (χ3n) is 6.23. The lowest BCUT2D eigenvalue weighted by Crippen LogP contribution is -2.07. The molecule has 0 fully saturated rings. The number of halogens is 4. The summed E-state index contributed by atoms with van der Waals surface area (Å²) in [7, 11) is 0. The topological polar surface area (TPSA) is 31.4 Å². The summed E-state index contributed by atoms with van der Waals surface area (Å²) < 4.78 is 52.4. The van der Waals surface area contributed by atoms with E-state index in [4.69, 9.17) is 9.47 Å². The molecule has 2 heterocycles. The molecule has 0 bridgehead atoms. The highest BCUT2D eigenvalue weighted by Gasteiger charge is 2.33. The first-order chi connectivity index (χ1) is 15.2. The van der Waals surface area contributed by atoms with Crippen LogP contribution in [0.25, 0.3) is 11.1 Å². The van der Waals surface area contributed by atoms with E-state index in [2.05, 4.69) is 20.9 Å². The van der Waals surface area contributed by atoms with Gasteiger partial charge in [-0.05, 0) is 88.1 Å². The first-order valence-corrected chi connectivity index (χ1v) is 11.3. The second kappa shape index (κ2) is 7.80. The van der Waals surface area contributed by atoms with Gasteiger partial charge < -0.3 is 9.47 Å². The van der Waals surface area contributed by atoms with Gasteiger partial charge in [-0.25, -0.2) is 4.98 Å². The Hall–Kier alpha value is -2.54. The van der Waals surface area contributed by atoms with Crippen molar-refractivity contribution in [2.75, 3.05) is 6.61 Å². The Kier molecular flexibility index (Phi) is 5.19. The van der Waals surface area contributed by atoms with Crippen LogP contribution in [-0.2, 0) is 19.0 Å². The van der Waals surface area contributed by atoms with Crippen LogP contribution >= 0.6 is 15.9 Å². The maximum atomic E-state index is 13.2. The quantitative estimate of drug-likeness (QED) is 0.380. The molecule has 1 aromatic heterocycles. The fourth-order valence-electron chi connectivity index (χ4n) is 4.83. The molecular formula is C25H21BrF3NO2. The van der Waals surface area contributed by atoms with Gasteiger partial charge in [0.25, 0.3) is 0 Å². The van der Waals surface area contributed by atoms with Crippen molar-refractivity contribution in [3.63, 3.8) is 0 Å². The van der Waals surface area contributed by atoms with Gasteiger partial charge >= 0.3 is 6.18 Å². The van der Waals surface area contributed by atoms with Gasteiger partial charge in [0.05, 0.1) is 12.2 Å². The normalized spacial score (nSPS) is 17.1. The van der Waals surface area contributed by atoms with Crippen molar-refractivity contribution in [3.05, 3.63) is 74.4 Å². The third-order valence-corrected chi connectivity index (χ3v) is 6.93. The zero-order valence-corrected chi connectivity index (χ0v) is 19.2. The summed E-state index contributed by atoms with van der Waals surface area (Å²) in [6.07, 6.45) is -0.340. The molecule has 1 atom stereocenters. The van der Waals surface area contributed by atoms with Gasteiger partial charge in [-0.2, -0.15) is 13.2 Å². The van der Waals surface area contributed by atoms with Crippen LogP contribution in [0, 0.1) is 13.8 Å². The lowest BCUT2D eigenvalue weighted by Gasteiger charge is -2.19. The largest absolute Gasteiger partial charge is 0.491 e. The van der Waals surface area contributed by atoms with Crippen molar-refractivity contribution in [1.29, 1.82) is 0 Å². The number of benzene rings is 2. The lowest BCUT2D eigenvalue weighted by molar-refractivity contribution is -0.137. The highest BCUT2D eigenvalue weighted by Crippen LogP contribution is 2.45. The van der Waals surface area contributed by atoms with E-state index in [1.54, 1.807) is 20.0 Å². The summed E-state index contributed by atoms with van der Waals surface area (Å²) in [5, 5.41) is 0. The molecule has 0 saturated carbocycles. The van der Waals surface area contributed by atoms with Crippen LogP contribution in [0.3, 0.4) is 0 Å². The Morgan fingerprint density at radius 1 is 1.12 bits per heavy atom. The number of rotatable bonds is 3. The minimum absolute atomic E-state index is 0.178. The number of ether oxygens (including phenoxy) is 2. The molecule has 5 rings (SSSR count). The van der Waals surface area contributed by atoms with Crippen molar-refractivity contribution >= 4 is 15.9 Å². The van der Waals surface area contributed by atoms with Crippen LogP contribution in [0.2, 0.25) is 0 Å². The molecule has 3 nitrogen and oxygen atoms in total. The molecule has 1 aliphatic carbocycles. The van der Waals surface area contributed by atoms with Gasteiger partial charge in [-0.3, -0.25) is 0 Å². The molecule has 32 heavy (non-hydrogen) atoms. The number of nitrogens with zero attached hydrogens (tertiary/aromatic N) is 1. The van der Waals surface area contributed by atoms with E-state index in [1.807, 2.05) is 18.2 Å². The monoisotopic (exact) mass is 503 g/mol. The molecule has 0 saturated heterocycles. The maximum absolute atomic E-state index is 13.2. The minimum atomic E-state index is -4.36. The van der Waals surface area contributed by atoms with Crippen LogP contribution < -0.4 is 9.47 Å². The Labute approximate surface area is 192 Å². The Morgan fingerprint density at radius 2 is 1.88 bits per heavy atom. The molecular weight excluding hydrogens is 483 g/mol. The van der Waals surface area contributed by atoms with E-state index in [9.17, 15) is 13.2 Å². The average Bonchev–Trinajstić information content (AvgIpc) is 3.37. The molecule has 7 heteroatoms. The Balaban J connectivity index is 1.51. The summed E-state index contributed by atoms with van der Waals surface area (Å²) in [4.78, 5) is 4.47. The highest BCUT2D eigenvalue weighted by molar-refractivity contribution is 9.10. The number of hydrogen-bond acceptors (Lipinski definition) is 3. The fraction of sp³-hybridized carbons (Fsp3) is 0.320. The van der Waals surface area contributed by atoms with Crippen LogP contribution in [0.4, 0.5) is 13.2 Å². The zero-order valence-electron chi connectivity index (χ0n) is 17.6. The van der Waals surface area contributed by atoms with Crippen molar-refractivity contribution in [3.8, 4) is 22.8 Å². The summed E-state index contributed by atoms with van der Waals surface area (Å²) in [6, 6.07) is 8.43. The summed E-state index contributed by atoms with van der Waals surface area (Å²) >= 11 is 3.57. The molecule has 1 unspecified atom stereocenters. The number of aromatic nitrogens is 1. The third kappa shape index (κ3) is 3.56. The van der Waals surface area contributed by atoms with E-state index in [-0.39, 0.29) is 6.10 Å². The first-order valence-electron chi connectivity index (χ1n) is 10.5. The van der Waals surface area contributed by atoms with E-state index >= 15 is 0 Å². The van der Waals surface area contributed by atoms with Gasteiger partial charge in [0.15, 0.2) is 0 Å². The smallest absolute Gasteiger partial charge is 0.416 e. The van der Waals surface area contributed by atoms with Crippen LogP contribution in [-0.4, -0.2) is 11.6 Å². The standard InChI is InChI=1S/C25H21BrF3NO2/c1-13-10-16(25(27,28)29)11-14(2)21(13)19-5-3-4-18-17(19)6-7-20(18)32-24-22(26)23-15(12-30-24)8-9-31-23/h3-5,10-12,20H,6-9H2,1-2H3. The van der Waals surface area contributed by atoms with Gasteiger partial charge in [0.2, 0.25) is 5.88 Å². The summed E-state index contributed by atoms with van der Waals surface area (Å²) in [5.74, 6) is 1.29. The molecule has 0 radical (unpaired) electrons. The van der Waals surface area contributed by atoms with E-state index in [0.29, 0.717) is 23.6 Å². The second-order valence-electron chi connectivity index (χ2n) is 8.33. The van der Waals surface area contributed by atoms with Crippen molar-refractivity contribution in [2.24, 2.45) is 0 Å². The van der Waals surface area contributed by atoms with Gasteiger partial charge in [0, 0.05) is 18.2 Å². The van der Waals surface area contributed by atoms with Crippen LogP contribution in [0.5, 0.6) is 11.6 Å². The molecule has 1 aliphatic heterocycles. The molecule has 0 N–H and O–H groups in total. The first kappa shape index (κ1) is 21.3. The van der Waals surface area contributed by atoms with E-state index in [0.717, 1.165) is 57.3 Å². The van der Waals surface area contributed by atoms with Crippen LogP contribution in [0.1, 0.15) is 45.9 Å². The fourth-order valence-corrected chi connectivity index (χ4v) is 5.39. The minimum Gasteiger partial charge on any atom is -0.491 e. The average molecular weight is 504 g/mol. The summed E-state index contributed by atoms with van der Waals surface area (Å²) in [6.45, 7) is 4.12. The number of pyridine rings is 1. The second-order valence-corrected chi connectivity index (χ2v) is 9.12. The Morgan fingerprint density at radius 3 is 2.59 bits per heavy atom. The molecule has 2 aromatic carbocycles. The molecule has 3 aromatic rings. The maximum Gasteiger partial charge on any atom is 0.416 e. The number of aryl methyl sites for hydroxylation is 2. The predicted molar refractivity (Wildman–Crippen MR) is 119 cm³/mol. The van der Waals surface area contributed by atoms with Gasteiger partial charge in [-0.1, -0.05) is 18.2 Å². The van der Waals surface area contributed by atoms with Crippen molar-refractivity contribution < 1.29 is 22.6 Å². The Bertz CT molecular complexity index is 1200. The van der Waals surface area contributed by atoms with Gasteiger partial charge in [0.1, 0.15) is 16.3 Å². The highest BCUT2D eigenvalue weighted by atomic mass is 79.9. The van der Waals surface area contributed by atoms with Gasteiger partial charge in [-0.15, -0.1) is 0 Å². The number of fused-ring (bicyclic) bond motifs is 2. The molecule has 2 aliphatic rings. The number of alkyl halides is 3. The summed E-state index contributed by atoms with van der Waals surface area (Å²) in [5.41, 5.74) is 5.70. The van der Waals surface area contributed by atoms with Crippen molar-refractivity contribution in [2.45, 2.75) is 45.4 Å². The molecule has 0 amide bonds. The van der Waals surface area contributed by atoms with Crippen LogP contribution in [0.15, 0.2) is 41.0 Å². The van der Waals surface area contributed by atoms with Crippen molar-refractivity contribution in [1.82, 2.24) is 4.98 Å².